The molecule has 0 saturated carbocycles. The van der Waals surface area contributed by atoms with Gasteiger partial charge in [-0.15, -0.1) is 0 Å². The number of piperazine rings is 1. The van der Waals surface area contributed by atoms with Gasteiger partial charge in [0.2, 0.25) is 15.9 Å². The van der Waals surface area contributed by atoms with E-state index in [9.17, 15) is 26.4 Å². The van der Waals surface area contributed by atoms with E-state index in [1.165, 1.54) is 16.4 Å². The number of amides is 1. The molecule has 0 aromatic heterocycles. The highest BCUT2D eigenvalue weighted by Crippen LogP contribution is 2.31. The summed E-state index contributed by atoms with van der Waals surface area (Å²) in [6, 6.07) is 11.2. The van der Waals surface area contributed by atoms with E-state index < -0.39 is 21.8 Å². The van der Waals surface area contributed by atoms with Crippen molar-refractivity contribution in [2.24, 2.45) is 0 Å². The van der Waals surface area contributed by atoms with E-state index >= 15 is 0 Å². The van der Waals surface area contributed by atoms with E-state index in [1.807, 2.05) is 11.8 Å². The number of ether oxygens (including phenoxy) is 1. The molecule has 0 bridgehead atoms. The number of nitrogens with one attached hydrogen (secondary N) is 1. The lowest BCUT2D eigenvalue weighted by atomic mass is 10.2. The Kier molecular flexibility index (Phi) is 7.98. The van der Waals surface area contributed by atoms with Gasteiger partial charge < -0.3 is 10.1 Å². The van der Waals surface area contributed by atoms with Gasteiger partial charge in [-0.1, -0.05) is 23.8 Å². The van der Waals surface area contributed by atoms with Gasteiger partial charge in [-0.25, -0.2) is 8.42 Å². The average Bonchev–Trinajstić information content (AvgIpc) is 2.77. The molecule has 1 N–H and O–H groups in total. The van der Waals surface area contributed by atoms with Gasteiger partial charge in [0.25, 0.3) is 0 Å². The van der Waals surface area contributed by atoms with Gasteiger partial charge in [-0.2, -0.15) is 17.5 Å². The van der Waals surface area contributed by atoms with E-state index in [0.29, 0.717) is 13.1 Å². The minimum atomic E-state index is -4.45. The Hall–Kier alpha value is -2.63. The van der Waals surface area contributed by atoms with Gasteiger partial charge in [-0.05, 0) is 37.3 Å². The van der Waals surface area contributed by atoms with Crippen LogP contribution in [-0.2, 0) is 21.0 Å². The van der Waals surface area contributed by atoms with Crippen LogP contribution >= 0.6 is 0 Å². The quantitative estimate of drug-likeness (QED) is 0.582. The van der Waals surface area contributed by atoms with Crippen LogP contribution < -0.4 is 10.1 Å². The minimum Gasteiger partial charge on any atom is -0.492 e. The number of halogens is 3. The second kappa shape index (κ2) is 10.5. The molecule has 0 aliphatic carbocycles. The summed E-state index contributed by atoms with van der Waals surface area (Å²) in [5.41, 5.74) is 0.178. The number of hydrogen-bond donors (Lipinski definition) is 1. The summed E-state index contributed by atoms with van der Waals surface area (Å²) < 4.78 is 70.4. The van der Waals surface area contributed by atoms with Crippen LogP contribution in [0.5, 0.6) is 5.75 Å². The van der Waals surface area contributed by atoms with Crippen LogP contribution in [0, 0.1) is 6.92 Å². The number of aryl methyl sites for hydroxylation is 1. The molecule has 2 aromatic carbocycles. The molecule has 1 aliphatic heterocycles. The Bertz CT molecular complexity index is 1050. The highest BCUT2D eigenvalue weighted by molar-refractivity contribution is 7.89. The van der Waals surface area contributed by atoms with Crippen LogP contribution in [0.25, 0.3) is 0 Å². The molecule has 1 amide bonds. The van der Waals surface area contributed by atoms with Crippen molar-refractivity contribution in [1.29, 1.82) is 0 Å². The summed E-state index contributed by atoms with van der Waals surface area (Å²) in [6.07, 6.45) is -4.45. The van der Waals surface area contributed by atoms with Gasteiger partial charge in [0.15, 0.2) is 0 Å². The standard InChI is InChI=1S/C22H26F3N3O4S/c1-17-5-7-20(8-6-17)33(30,31)28-12-10-27(11-13-28)16-21(29)26-9-14-32-19-4-2-3-18(15-19)22(23,24)25/h2-8,15H,9-14,16H2,1H3,(H,26,29). The number of rotatable bonds is 8. The number of sulfonamides is 1. The zero-order valence-electron chi connectivity index (χ0n) is 18.1. The Balaban J connectivity index is 1.39. The van der Waals surface area contributed by atoms with Crippen molar-refractivity contribution in [2.45, 2.75) is 18.0 Å². The molecule has 7 nitrogen and oxygen atoms in total. The first-order valence-electron chi connectivity index (χ1n) is 10.4. The maximum absolute atomic E-state index is 12.7. The predicted octanol–water partition coefficient (Wildman–Crippen LogP) is 2.52. The fraction of sp³-hybridized carbons (Fsp3) is 0.409. The molecule has 180 valence electrons. The van der Waals surface area contributed by atoms with Crippen LogP contribution in [0.4, 0.5) is 13.2 Å². The van der Waals surface area contributed by atoms with Gasteiger partial charge in [0, 0.05) is 26.2 Å². The highest BCUT2D eigenvalue weighted by atomic mass is 32.2. The molecule has 1 saturated heterocycles. The zero-order valence-corrected chi connectivity index (χ0v) is 19.0. The second-order valence-corrected chi connectivity index (χ2v) is 9.66. The maximum atomic E-state index is 12.7. The van der Waals surface area contributed by atoms with Crippen molar-refractivity contribution in [1.82, 2.24) is 14.5 Å². The number of carbonyl (C=O) groups excluding carboxylic acids is 1. The van der Waals surface area contributed by atoms with Gasteiger partial charge in [0.05, 0.1) is 23.5 Å². The Morgan fingerprint density at radius 3 is 2.36 bits per heavy atom. The monoisotopic (exact) mass is 485 g/mol. The summed E-state index contributed by atoms with van der Waals surface area (Å²) in [5.74, 6) is -0.192. The molecule has 0 unspecified atom stereocenters. The van der Waals surface area contributed by atoms with Crippen molar-refractivity contribution in [3.63, 3.8) is 0 Å². The van der Waals surface area contributed by atoms with E-state index in [2.05, 4.69) is 5.32 Å². The fourth-order valence-electron chi connectivity index (χ4n) is 3.37. The molecule has 0 atom stereocenters. The van der Waals surface area contributed by atoms with E-state index in [1.54, 1.807) is 24.3 Å². The van der Waals surface area contributed by atoms with Crippen LogP contribution in [0.2, 0.25) is 0 Å². The van der Waals surface area contributed by atoms with Crippen molar-refractivity contribution < 1.29 is 31.1 Å². The van der Waals surface area contributed by atoms with E-state index in [4.69, 9.17) is 4.74 Å². The highest BCUT2D eigenvalue weighted by Gasteiger charge is 2.31. The lowest BCUT2D eigenvalue weighted by Gasteiger charge is -2.33. The van der Waals surface area contributed by atoms with Crippen LogP contribution in [0.1, 0.15) is 11.1 Å². The van der Waals surface area contributed by atoms with Crippen molar-refractivity contribution in [3.05, 3.63) is 59.7 Å². The Morgan fingerprint density at radius 1 is 1.06 bits per heavy atom. The number of nitrogens with zero attached hydrogens (tertiary/aromatic N) is 2. The van der Waals surface area contributed by atoms with Gasteiger partial charge in [0.1, 0.15) is 12.4 Å². The fourth-order valence-corrected chi connectivity index (χ4v) is 4.79. The molecule has 11 heteroatoms. The Labute approximate surface area is 191 Å². The number of alkyl halides is 3. The molecular weight excluding hydrogens is 459 g/mol. The summed E-state index contributed by atoms with van der Waals surface area (Å²) in [5, 5.41) is 2.66. The third kappa shape index (κ3) is 6.92. The maximum Gasteiger partial charge on any atom is 0.416 e. The summed E-state index contributed by atoms with van der Waals surface area (Å²) >= 11 is 0. The first-order valence-corrected chi connectivity index (χ1v) is 11.9. The van der Waals surface area contributed by atoms with Gasteiger partial charge in [-0.3, -0.25) is 9.69 Å². The molecular formula is C22H26F3N3O4S. The molecule has 3 rings (SSSR count). The summed E-state index contributed by atoms with van der Waals surface area (Å²) in [7, 11) is -3.57. The van der Waals surface area contributed by atoms with Crippen LogP contribution in [-0.4, -0.2) is 69.4 Å². The molecule has 1 aliphatic rings. The molecule has 33 heavy (non-hydrogen) atoms. The lowest BCUT2D eigenvalue weighted by Crippen LogP contribution is -2.51. The summed E-state index contributed by atoms with van der Waals surface area (Å²) in [4.78, 5) is 14.3. The third-order valence-corrected chi connectivity index (χ3v) is 7.12. The Morgan fingerprint density at radius 2 is 1.73 bits per heavy atom. The van der Waals surface area contributed by atoms with Gasteiger partial charge >= 0.3 is 6.18 Å². The first kappa shape index (κ1) is 25.0. The second-order valence-electron chi connectivity index (χ2n) is 7.72. The topological polar surface area (TPSA) is 79.0 Å². The number of hydrogen-bond acceptors (Lipinski definition) is 5. The summed E-state index contributed by atoms with van der Waals surface area (Å²) in [6.45, 7) is 3.54. The van der Waals surface area contributed by atoms with E-state index in [0.717, 1.165) is 17.7 Å². The normalized spacial score (nSPS) is 15.9. The van der Waals surface area contributed by atoms with Crippen molar-refractivity contribution in [2.75, 3.05) is 45.9 Å². The predicted molar refractivity (Wildman–Crippen MR) is 116 cm³/mol. The van der Waals surface area contributed by atoms with Crippen molar-refractivity contribution >= 4 is 15.9 Å². The number of benzene rings is 2. The largest absolute Gasteiger partial charge is 0.492 e. The zero-order chi connectivity index (χ0) is 24.1. The minimum absolute atomic E-state index is 0.0234. The van der Waals surface area contributed by atoms with Crippen molar-refractivity contribution in [3.8, 4) is 5.75 Å². The number of carbonyl (C=O) groups is 1. The molecule has 0 radical (unpaired) electrons. The smallest absolute Gasteiger partial charge is 0.416 e. The molecule has 1 fully saturated rings. The molecule has 0 spiro atoms. The SMILES string of the molecule is Cc1ccc(S(=O)(=O)N2CCN(CC(=O)NCCOc3cccc(C(F)(F)F)c3)CC2)cc1. The van der Waals surface area contributed by atoms with Crippen LogP contribution in [0.3, 0.4) is 0 Å². The van der Waals surface area contributed by atoms with E-state index in [-0.39, 0.29) is 49.3 Å². The lowest BCUT2D eigenvalue weighted by molar-refractivity contribution is -0.137. The third-order valence-electron chi connectivity index (χ3n) is 5.21. The first-order chi connectivity index (χ1) is 15.6. The van der Waals surface area contributed by atoms with Crippen LogP contribution in [0.15, 0.2) is 53.4 Å². The molecule has 2 aromatic rings. The molecule has 1 heterocycles. The average molecular weight is 486 g/mol.